The fourth-order valence-electron chi connectivity index (χ4n) is 5.49. The van der Waals surface area contributed by atoms with Crippen molar-refractivity contribution in [1.29, 1.82) is 0 Å². The van der Waals surface area contributed by atoms with Gasteiger partial charge in [0, 0.05) is 24.7 Å². The van der Waals surface area contributed by atoms with E-state index in [1.54, 1.807) is 0 Å². The van der Waals surface area contributed by atoms with Crippen LogP contribution >= 0.6 is 0 Å². The Labute approximate surface area is 186 Å². The summed E-state index contributed by atoms with van der Waals surface area (Å²) in [6.45, 7) is 5.77. The van der Waals surface area contributed by atoms with E-state index in [0.29, 0.717) is 12.3 Å². The third kappa shape index (κ3) is 3.55. The van der Waals surface area contributed by atoms with E-state index in [4.69, 9.17) is 24.0 Å². The molecule has 4 heterocycles. The SMILES string of the molecule is C[C@H]1[C@@H](C(=O)OCCC(=O)[O-])O[C@@H]2O[C@]3(C)CC[C@H]4[C@H](C)CC[C@@H]1C24OO3.[Na+]. The van der Waals surface area contributed by atoms with Gasteiger partial charge in [-0.05, 0) is 43.9 Å². The Kier molecular flexibility index (Phi) is 6.53. The van der Waals surface area contributed by atoms with Gasteiger partial charge in [0.05, 0.1) is 6.61 Å². The van der Waals surface area contributed by atoms with Crippen LogP contribution in [0.15, 0.2) is 0 Å². The van der Waals surface area contributed by atoms with E-state index < -0.39 is 35.7 Å². The Hall–Kier alpha value is -0.220. The number of fused-ring (bicyclic) bond motifs is 2. The Morgan fingerprint density at radius 1 is 1.14 bits per heavy atom. The second kappa shape index (κ2) is 8.13. The summed E-state index contributed by atoms with van der Waals surface area (Å²) >= 11 is 0. The second-order valence-electron chi connectivity index (χ2n) is 8.62. The van der Waals surface area contributed by atoms with Gasteiger partial charge in [-0.15, -0.1) is 0 Å². The molecule has 1 spiro atoms. The van der Waals surface area contributed by atoms with Crippen LogP contribution in [0.3, 0.4) is 0 Å². The molecule has 4 saturated heterocycles. The van der Waals surface area contributed by atoms with Gasteiger partial charge < -0.3 is 24.1 Å². The maximum atomic E-state index is 12.6. The zero-order valence-corrected chi connectivity index (χ0v) is 19.0. The molecule has 0 amide bonds. The third-order valence-electron chi connectivity index (χ3n) is 6.94. The Bertz CT molecular complexity index is 629. The van der Waals surface area contributed by atoms with Gasteiger partial charge in [0.1, 0.15) is 0 Å². The summed E-state index contributed by atoms with van der Waals surface area (Å²) in [6, 6.07) is 0. The second-order valence-corrected chi connectivity index (χ2v) is 8.62. The van der Waals surface area contributed by atoms with E-state index in [1.165, 1.54) is 0 Å². The summed E-state index contributed by atoms with van der Waals surface area (Å²) in [7, 11) is 0. The van der Waals surface area contributed by atoms with Crippen LogP contribution in [0.4, 0.5) is 0 Å². The molecular formula is C19H27NaO8. The molecule has 8 atom stereocenters. The molecule has 28 heavy (non-hydrogen) atoms. The number of ether oxygens (including phenoxy) is 3. The Balaban J connectivity index is 0.00000225. The van der Waals surface area contributed by atoms with Crippen LogP contribution in [0.2, 0.25) is 0 Å². The van der Waals surface area contributed by atoms with Crippen LogP contribution in [-0.2, 0) is 33.6 Å². The molecule has 5 rings (SSSR count). The van der Waals surface area contributed by atoms with Gasteiger partial charge in [-0.1, -0.05) is 13.8 Å². The monoisotopic (exact) mass is 406 g/mol. The minimum Gasteiger partial charge on any atom is -0.550 e. The van der Waals surface area contributed by atoms with Crippen LogP contribution < -0.4 is 34.7 Å². The number of rotatable bonds is 4. The molecule has 5 aliphatic rings. The molecule has 2 bridgehead atoms. The molecule has 1 unspecified atom stereocenters. The van der Waals surface area contributed by atoms with Gasteiger partial charge in [-0.2, -0.15) is 0 Å². The number of carbonyl (C=O) groups is 2. The van der Waals surface area contributed by atoms with E-state index in [-0.39, 0.29) is 60.3 Å². The topological polar surface area (TPSA) is 103 Å². The molecule has 4 aliphatic heterocycles. The first-order valence-corrected chi connectivity index (χ1v) is 9.83. The van der Waals surface area contributed by atoms with Gasteiger partial charge in [0.2, 0.25) is 5.79 Å². The van der Waals surface area contributed by atoms with E-state index in [0.717, 1.165) is 19.3 Å². The zero-order chi connectivity index (χ0) is 19.4. The number of carbonyl (C=O) groups excluding carboxylic acids is 2. The summed E-state index contributed by atoms with van der Waals surface area (Å²) in [5.41, 5.74) is -0.727. The molecule has 0 aromatic carbocycles. The van der Waals surface area contributed by atoms with E-state index in [2.05, 4.69) is 6.92 Å². The first-order valence-electron chi connectivity index (χ1n) is 9.83. The van der Waals surface area contributed by atoms with Crippen molar-refractivity contribution in [1.82, 2.24) is 0 Å². The largest absolute Gasteiger partial charge is 1.00 e. The van der Waals surface area contributed by atoms with Crippen LogP contribution in [0.1, 0.15) is 52.9 Å². The maximum absolute atomic E-state index is 12.6. The first kappa shape index (κ1) is 22.5. The average Bonchev–Trinajstić information content (AvgIpc) is 2.84. The molecule has 0 radical (unpaired) electrons. The fraction of sp³-hybridized carbons (Fsp3) is 0.895. The Morgan fingerprint density at radius 2 is 1.89 bits per heavy atom. The predicted octanol–water partition coefficient (Wildman–Crippen LogP) is -2.08. The van der Waals surface area contributed by atoms with Gasteiger partial charge in [-0.25, -0.2) is 14.6 Å². The minimum absolute atomic E-state index is 0. The summed E-state index contributed by atoms with van der Waals surface area (Å²) in [4.78, 5) is 34.9. The molecule has 0 aromatic heterocycles. The molecule has 0 N–H and O–H groups in total. The van der Waals surface area contributed by atoms with Crippen LogP contribution in [0.5, 0.6) is 0 Å². The summed E-state index contributed by atoms with van der Waals surface area (Å²) in [6.07, 6.45) is 1.66. The molecular weight excluding hydrogens is 379 g/mol. The molecule has 5 fully saturated rings. The number of hydrogen-bond donors (Lipinski definition) is 0. The summed E-state index contributed by atoms with van der Waals surface area (Å²) < 4.78 is 17.4. The average molecular weight is 406 g/mol. The van der Waals surface area contributed by atoms with Crippen molar-refractivity contribution >= 4 is 11.9 Å². The maximum Gasteiger partial charge on any atom is 1.00 e. The van der Waals surface area contributed by atoms with Gasteiger partial charge in [-0.3, -0.25) is 0 Å². The van der Waals surface area contributed by atoms with Crippen molar-refractivity contribution in [2.45, 2.75) is 76.7 Å². The van der Waals surface area contributed by atoms with Crippen LogP contribution in [-0.4, -0.2) is 42.3 Å². The standard InChI is InChI=1S/C19H28O8.Na/c1-10-4-5-13-11(2)15(16(22)23-9-7-14(20)21)24-17-19(13)12(10)6-8-18(3,25-17)26-27-19;/h10-13,15,17H,4-9H2,1-3H3,(H,20,21);/q;+1/p-1/t10-,11-,12+,13+,15+,17-,18+,19?;/m1./s1. The molecule has 152 valence electrons. The van der Waals surface area contributed by atoms with E-state index in [1.807, 2.05) is 13.8 Å². The number of carboxylic acid groups (broad SMARTS) is 1. The normalized spacial score (nSPS) is 46.7. The van der Waals surface area contributed by atoms with Crippen molar-refractivity contribution in [3.05, 3.63) is 0 Å². The Morgan fingerprint density at radius 3 is 2.61 bits per heavy atom. The third-order valence-corrected chi connectivity index (χ3v) is 6.94. The van der Waals surface area contributed by atoms with Gasteiger partial charge in [0.15, 0.2) is 18.0 Å². The van der Waals surface area contributed by atoms with Crippen molar-refractivity contribution in [3.63, 3.8) is 0 Å². The number of carboxylic acids is 1. The zero-order valence-electron chi connectivity index (χ0n) is 17.0. The van der Waals surface area contributed by atoms with E-state index in [9.17, 15) is 14.7 Å². The number of hydrogen-bond acceptors (Lipinski definition) is 8. The number of aliphatic carboxylic acids is 1. The van der Waals surface area contributed by atoms with Crippen molar-refractivity contribution in [3.8, 4) is 0 Å². The smallest absolute Gasteiger partial charge is 0.550 e. The first-order chi connectivity index (χ1) is 12.8. The molecule has 0 aromatic rings. The van der Waals surface area contributed by atoms with Gasteiger partial charge >= 0.3 is 35.5 Å². The fourth-order valence-corrected chi connectivity index (χ4v) is 5.49. The van der Waals surface area contributed by atoms with Gasteiger partial charge in [0.25, 0.3) is 0 Å². The summed E-state index contributed by atoms with van der Waals surface area (Å²) in [5.74, 6) is -2.20. The summed E-state index contributed by atoms with van der Waals surface area (Å²) in [5, 5.41) is 10.6. The van der Waals surface area contributed by atoms with Crippen molar-refractivity contribution in [2.24, 2.45) is 23.7 Å². The number of esters is 1. The van der Waals surface area contributed by atoms with Crippen molar-refractivity contribution in [2.75, 3.05) is 6.61 Å². The van der Waals surface area contributed by atoms with Crippen molar-refractivity contribution < 1.29 is 68.2 Å². The molecule has 9 heteroatoms. The molecule has 1 aliphatic carbocycles. The predicted molar refractivity (Wildman–Crippen MR) is 87.4 cm³/mol. The molecule has 1 saturated carbocycles. The minimum atomic E-state index is -1.26. The van der Waals surface area contributed by atoms with Crippen LogP contribution in [0.25, 0.3) is 0 Å². The van der Waals surface area contributed by atoms with Crippen LogP contribution in [0, 0.1) is 23.7 Å². The molecule has 8 nitrogen and oxygen atoms in total. The van der Waals surface area contributed by atoms with E-state index >= 15 is 0 Å². The quantitative estimate of drug-likeness (QED) is 0.298.